The molecule has 0 heterocycles. The third-order valence-corrected chi connectivity index (χ3v) is 3.23. The van der Waals surface area contributed by atoms with E-state index in [1.54, 1.807) is 30.3 Å². The number of benzene rings is 2. The van der Waals surface area contributed by atoms with E-state index in [0.717, 1.165) is 0 Å². The Balaban J connectivity index is 2.22. The zero-order valence-electron chi connectivity index (χ0n) is 9.88. The van der Waals surface area contributed by atoms with Gasteiger partial charge in [0.05, 0.1) is 4.47 Å². The van der Waals surface area contributed by atoms with Gasteiger partial charge in [0.1, 0.15) is 18.2 Å². The van der Waals surface area contributed by atoms with Crippen molar-refractivity contribution in [1.82, 2.24) is 0 Å². The highest BCUT2D eigenvalue weighted by molar-refractivity contribution is 9.10. The van der Waals surface area contributed by atoms with Crippen LogP contribution in [0.4, 0.5) is 4.39 Å². The molecule has 2 N–H and O–H groups in total. The lowest BCUT2D eigenvalue weighted by atomic mass is 9.79. The molecule has 0 bridgehead atoms. The molecule has 0 radical (unpaired) electrons. The summed E-state index contributed by atoms with van der Waals surface area (Å²) in [6.07, 6.45) is 0. The van der Waals surface area contributed by atoms with Crippen LogP contribution < -0.4 is 10.2 Å². The maximum Gasteiger partial charge on any atom is 0.492 e. The van der Waals surface area contributed by atoms with Crippen molar-refractivity contribution in [2.24, 2.45) is 0 Å². The maximum atomic E-state index is 13.5. The van der Waals surface area contributed by atoms with Crippen molar-refractivity contribution in [2.75, 3.05) is 0 Å². The van der Waals surface area contributed by atoms with Crippen LogP contribution in [0.1, 0.15) is 5.56 Å². The van der Waals surface area contributed by atoms with Crippen molar-refractivity contribution in [3.8, 4) is 5.75 Å². The normalized spacial score (nSPS) is 10.3. The van der Waals surface area contributed by atoms with Gasteiger partial charge in [-0.15, -0.1) is 0 Å². The van der Waals surface area contributed by atoms with Gasteiger partial charge in [-0.1, -0.05) is 30.3 Å². The molecule has 2 aromatic carbocycles. The lowest BCUT2D eigenvalue weighted by molar-refractivity contribution is 0.298. The molecule has 3 nitrogen and oxygen atoms in total. The van der Waals surface area contributed by atoms with Gasteiger partial charge in [0.2, 0.25) is 0 Å². The van der Waals surface area contributed by atoms with Gasteiger partial charge in [-0.25, -0.2) is 4.39 Å². The molecule has 0 atom stereocenters. The first kappa shape index (κ1) is 14.1. The van der Waals surface area contributed by atoms with Crippen LogP contribution in [0.2, 0.25) is 0 Å². The summed E-state index contributed by atoms with van der Waals surface area (Å²) in [5.41, 5.74) is 0.627. The first-order chi connectivity index (χ1) is 9.09. The summed E-state index contributed by atoms with van der Waals surface area (Å²) in [6.45, 7) is 0.00894. The fourth-order valence-corrected chi connectivity index (χ4v) is 2.14. The van der Waals surface area contributed by atoms with E-state index in [9.17, 15) is 14.4 Å². The molecular weight excluding hydrogens is 314 g/mol. The van der Waals surface area contributed by atoms with E-state index >= 15 is 0 Å². The lowest BCUT2D eigenvalue weighted by Gasteiger charge is -2.13. The van der Waals surface area contributed by atoms with E-state index in [0.29, 0.717) is 15.8 Å². The van der Waals surface area contributed by atoms with Crippen molar-refractivity contribution in [3.63, 3.8) is 0 Å². The van der Waals surface area contributed by atoms with Gasteiger partial charge in [-0.05, 0) is 28.1 Å². The van der Waals surface area contributed by atoms with Crippen LogP contribution in [-0.2, 0) is 6.61 Å². The molecule has 0 saturated carbocycles. The molecule has 0 unspecified atom stereocenters. The molecule has 98 valence electrons. The summed E-state index contributed by atoms with van der Waals surface area (Å²) in [5, 5.41) is 18.5. The zero-order valence-corrected chi connectivity index (χ0v) is 11.5. The van der Waals surface area contributed by atoms with Gasteiger partial charge in [0.25, 0.3) is 0 Å². The van der Waals surface area contributed by atoms with E-state index in [4.69, 9.17) is 4.74 Å². The van der Waals surface area contributed by atoms with E-state index in [1.165, 1.54) is 12.1 Å². The standard InChI is InChI=1S/C13H11BBrFO3/c15-11-6-3-5-10(14(17)18)13(11)19-8-9-4-1-2-7-12(9)16/h1-7,17-18H,8H2. The highest BCUT2D eigenvalue weighted by Gasteiger charge is 2.19. The summed E-state index contributed by atoms with van der Waals surface area (Å²) < 4.78 is 19.5. The molecule has 0 aliphatic carbocycles. The van der Waals surface area contributed by atoms with Crippen LogP contribution in [0.3, 0.4) is 0 Å². The average Bonchev–Trinajstić information content (AvgIpc) is 2.38. The maximum absolute atomic E-state index is 13.5. The van der Waals surface area contributed by atoms with Gasteiger partial charge in [-0.3, -0.25) is 0 Å². The minimum Gasteiger partial charge on any atom is -0.488 e. The fourth-order valence-electron chi connectivity index (χ4n) is 1.65. The zero-order chi connectivity index (χ0) is 13.8. The molecule has 0 saturated heterocycles. The highest BCUT2D eigenvalue weighted by atomic mass is 79.9. The van der Waals surface area contributed by atoms with Crippen LogP contribution in [0.5, 0.6) is 5.75 Å². The highest BCUT2D eigenvalue weighted by Crippen LogP contribution is 2.24. The molecule has 0 aliphatic heterocycles. The van der Waals surface area contributed by atoms with Gasteiger partial charge in [0, 0.05) is 11.0 Å². The first-order valence-corrected chi connectivity index (χ1v) is 6.39. The van der Waals surface area contributed by atoms with Gasteiger partial charge in [0.15, 0.2) is 0 Å². The van der Waals surface area contributed by atoms with Crippen LogP contribution in [0, 0.1) is 5.82 Å². The van der Waals surface area contributed by atoms with Crippen molar-refractivity contribution < 1.29 is 19.2 Å². The van der Waals surface area contributed by atoms with Crippen molar-refractivity contribution >= 4 is 28.5 Å². The topological polar surface area (TPSA) is 49.7 Å². The third kappa shape index (κ3) is 3.35. The smallest absolute Gasteiger partial charge is 0.488 e. The number of halogens is 2. The molecule has 19 heavy (non-hydrogen) atoms. The van der Waals surface area contributed by atoms with Crippen molar-refractivity contribution in [3.05, 3.63) is 58.3 Å². The molecule has 0 aliphatic rings. The molecule has 0 aromatic heterocycles. The summed E-state index contributed by atoms with van der Waals surface area (Å²) in [7, 11) is -1.65. The summed E-state index contributed by atoms with van der Waals surface area (Å²) >= 11 is 3.27. The monoisotopic (exact) mass is 324 g/mol. The molecule has 2 aromatic rings. The first-order valence-electron chi connectivity index (χ1n) is 5.60. The van der Waals surface area contributed by atoms with Crippen molar-refractivity contribution in [1.29, 1.82) is 0 Å². The quantitative estimate of drug-likeness (QED) is 0.844. The molecule has 0 amide bonds. The van der Waals surface area contributed by atoms with E-state index in [1.807, 2.05) is 0 Å². The number of hydrogen-bond donors (Lipinski definition) is 2. The van der Waals surface area contributed by atoms with Crippen LogP contribution in [-0.4, -0.2) is 17.2 Å². The Bertz CT molecular complexity index is 578. The lowest BCUT2D eigenvalue weighted by Crippen LogP contribution is -2.31. The SMILES string of the molecule is OB(O)c1cccc(Br)c1OCc1ccccc1F. The summed E-state index contributed by atoms with van der Waals surface area (Å²) in [4.78, 5) is 0. The van der Waals surface area contributed by atoms with E-state index in [2.05, 4.69) is 15.9 Å². The van der Waals surface area contributed by atoms with Gasteiger partial charge >= 0.3 is 7.12 Å². The fraction of sp³-hybridized carbons (Fsp3) is 0.0769. The molecule has 2 rings (SSSR count). The third-order valence-electron chi connectivity index (χ3n) is 2.61. The second-order valence-electron chi connectivity index (χ2n) is 3.91. The Hall–Kier alpha value is -1.37. The summed E-state index contributed by atoms with van der Waals surface area (Å²) in [5.74, 6) is -0.0681. The molecular formula is C13H11BBrFO3. The number of para-hydroxylation sites is 1. The predicted octanol–water partition coefficient (Wildman–Crippen LogP) is 1.85. The predicted molar refractivity (Wildman–Crippen MR) is 74.7 cm³/mol. The number of ether oxygens (including phenoxy) is 1. The van der Waals surface area contributed by atoms with E-state index < -0.39 is 7.12 Å². The van der Waals surface area contributed by atoms with Gasteiger partial charge in [-0.2, -0.15) is 0 Å². The van der Waals surface area contributed by atoms with E-state index in [-0.39, 0.29) is 17.9 Å². The van der Waals surface area contributed by atoms with Crippen LogP contribution >= 0.6 is 15.9 Å². The van der Waals surface area contributed by atoms with Crippen LogP contribution in [0.25, 0.3) is 0 Å². The minimum atomic E-state index is -1.65. The minimum absolute atomic E-state index is 0.00894. The Kier molecular flexibility index (Phi) is 4.58. The largest absolute Gasteiger partial charge is 0.492 e. The average molecular weight is 325 g/mol. The van der Waals surface area contributed by atoms with Crippen LogP contribution in [0.15, 0.2) is 46.9 Å². The Morgan fingerprint density at radius 2 is 1.84 bits per heavy atom. The van der Waals surface area contributed by atoms with Gasteiger partial charge < -0.3 is 14.8 Å². The number of rotatable bonds is 4. The number of hydrogen-bond acceptors (Lipinski definition) is 3. The molecule has 0 fully saturated rings. The Labute approximate surface area is 118 Å². The summed E-state index contributed by atoms with van der Waals surface area (Å²) in [6, 6.07) is 11.2. The Morgan fingerprint density at radius 3 is 2.53 bits per heavy atom. The van der Waals surface area contributed by atoms with Crippen molar-refractivity contribution in [2.45, 2.75) is 6.61 Å². The second kappa shape index (κ2) is 6.19. The Morgan fingerprint density at radius 1 is 1.11 bits per heavy atom. The molecule has 6 heteroatoms. The second-order valence-corrected chi connectivity index (χ2v) is 4.77. The molecule has 0 spiro atoms.